The number of benzene rings is 2. The number of carbonyl (C=O) groups is 1. The van der Waals surface area contributed by atoms with Gasteiger partial charge in [-0.2, -0.15) is 0 Å². The second kappa shape index (κ2) is 9.50. The quantitative estimate of drug-likeness (QED) is 0.615. The number of anilines is 1. The molecule has 5 nitrogen and oxygen atoms in total. The highest BCUT2D eigenvalue weighted by Crippen LogP contribution is 2.08. The maximum Gasteiger partial charge on any atom is 0.246 e. The minimum atomic E-state index is -0.363. The molecule has 26 heavy (non-hydrogen) atoms. The van der Waals surface area contributed by atoms with Gasteiger partial charge in [-0.1, -0.05) is 12.1 Å². The number of nitrogens with zero attached hydrogens (tertiary/aromatic N) is 2. The zero-order valence-electron chi connectivity index (χ0n) is 14.8. The van der Waals surface area contributed by atoms with Gasteiger partial charge in [-0.05, 0) is 48.9 Å². The molecular formula is C19H22F2N4O. The molecule has 0 aliphatic carbocycles. The molecule has 138 valence electrons. The van der Waals surface area contributed by atoms with E-state index in [1.165, 1.54) is 36.4 Å². The van der Waals surface area contributed by atoms with Gasteiger partial charge in [0.1, 0.15) is 18.2 Å². The van der Waals surface area contributed by atoms with Crippen molar-refractivity contribution in [1.29, 1.82) is 0 Å². The molecule has 0 radical (unpaired) electrons. The largest absolute Gasteiger partial charge is 0.357 e. The van der Waals surface area contributed by atoms with E-state index < -0.39 is 0 Å². The van der Waals surface area contributed by atoms with Crippen molar-refractivity contribution in [1.82, 2.24) is 10.2 Å². The summed E-state index contributed by atoms with van der Waals surface area (Å²) in [6, 6.07) is 11.8. The van der Waals surface area contributed by atoms with Gasteiger partial charge in [0.2, 0.25) is 5.91 Å². The van der Waals surface area contributed by atoms with Gasteiger partial charge in [0, 0.05) is 25.8 Å². The van der Waals surface area contributed by atoms with Gasteiger partial charge in [-0.3, -0.25) is 4.79 Å². The minimum absolute atomic E-state index is 0.0759. The summed E-state index contributed by atoms with van der Waals surface area (Å²) < 4.78 is 25.9. The first-order chi connectivity index (χ1) is 12.5. The number of carbonyl (C=O) groups excluding carboxylic acids is 1. The van der Waals surface area contributed by atoms with E-state index >= 15 is 0 Å². The van der Waals surface area contributed by atoms with E-state index in [2.05, 4.69) is 15.6 Å². The molecule has 0 aliphatic heterocycles. The van der Waals surface area contributed by atoms with Gasteiger partial charge in [0.05, 0.1) is 0 Å². The zero-order chi connectivity index (χ0) is 18.9. The van der Waals surface area contributed by atoms with Crippen molar-refractivity contribution in [2.45, 2.75) is 13.5 Å². The Morgan fingerprint density at radius 2 is 1.62 bits per heavy atom. The first-order valence-corrected chi connectivity index (χ1v) is 8.27. The van der Waals surface area contributed by atoms with Gasteiger partial charge in [-0.15, -0.1) is 0 Å². The molecule has 2 N–H and O–H groups in total. The number of hydrogen-bond acceptors (Lipinski definition) is 2. The maximum atomic E-state index is 13.0. The molecule has 0 aromatic heterocycles. The van der Waals surface area contributed by atoms with Crippen LogP contribution < -0.4 is 10.6 Å². The topological polar surface area (TPSA) is 56.7 Å². The van der Waals surface area contributed by atoms with Crippen LogP contribution in [0.5, 0.6) is 0 Å². The van der Waals surface area contributed by atoms with E-state index in [9.17, 15) is 13.6 Å². The Balaban J connectivity index is 1.96. The van der Waals surface area contributed by atoms with Crippen molar-refractivity contribution in [3.63, 3.8) is 0 Å². The zero-order valence-corrected chi connectivity index (χ0v) is 14.8. The SMILES string of the molecule is CCNC(=NCC(=O)Nc1ccc(F)cc1)N(C)Cc1ccc(F)cc1. The number of rotatable bonds is 6. The average molecular weight is 360 g/mol. The minimum Gasteiger partial charge on any atom is -0.357 e. The number of amides is 1. The number of guanidine groups is 1. The number of halogens is 2. The summed E-state index contributed by atoms with van der Waals surface area (Å²) in [4.78, 5) is 18.2. The molecule has 0 saturated heterocycles. The third kappa shape index (κ3) is 6.16. The summed E-state index contributed by atoms with van der Waals surface area (Å²) in [5.41, 5.74) is 1.44. The fourth-order valence-electron chi connectivity index (χ4n) is 2.29. The molecule has 0 saturated carbocycles. The first kappa shape index (κ1) is 19.4. The van der Waals surface area contributed by atoms with Gasteiger partial charge in [-0.25, -0.2) is 13.8 Å². The molecule has 2 aromatic rings. The van der Waals surface area contributed by atoms with E-state index in [0.717, 1.165) is 5.56 Å². The lowest BCUT2D eigenvalue weighted by Gasteiger charge is -2.22. The van der Waals surface area contributed by atoms with Crippen molar-refractivity contribution >= 4 is 17.6 Å². The van der Waals surface area contributed by atoms with E-state index in [-0.39, 0.29) is 24.1 Å². The lowest BCUT2D eigenvalue weighted by molar-refractivity contribution is -0.114. The Hall–Kier alpha value is -2.96. The Labute approximate surface area is 151 Å². The third-order valence-corrected chi connectivity index (χ3v) is 3.53. The van der Waals surface area contributed by atoms with Crippen LogP contribution in [0.3, 0.4) is 0 Å². The van der Waals surface area contributed by atoms with Crippen molar-refractivity contribution in [3.05, 3.63) is 65.7 Å². The Bertz CT molecular complexity index is 745. The third-order valence-electron chi connectivity index (χ3n) is 3.53. The lowest BCUT2D eigenvalue weighted by Crippen LogP contribution is -2.39. The molecular weight excluding hydrogens is 338 g/mol. The van der Waals surface area contributed by atoms with Gasteiger partial charge >= 0.3 is 0 Å². The Morgan fingerprint density at radius 1 is 1.04 bits per heavy atom. The van der Waals surface area contributed by atoms with Gasteiger partial charge < -0.3 is 15.5 Å². The molecule has 0 bridgehead atoms. The molecule has 2 aromatic carbocycles. The van der Waals surface area contributed by atoms with Crippen LogP contribution in [0.25, 0.3) is 0 Å². The molecule has 0 aliphatic rings. The molecule has 2 rings (SSSR count). The van der Waals surface area contributed by atoms with Crippen molar-refractivity contribution in [2.75, 3.05) is 25.5 Å². The van der Waals surface area contributed by atoms with Crippen LogP contribution >= 0.6 is 0 Å². The molecule has 1 amide bonds. The van der Waals surface area contributed by atoms with Crippen molar-refractivity contribution in [3.8, 4) is 0 Å². The molecule has 0 atom stereocenters. The van der Waals surface area contributed by atoms with E-state index in [1.54, 1.807) is 12.1 Å². The van der Waals surface area contributed by atoms with Crippen molar-refractivity contribution in [2.24, 2.45) is 4.99 Å². The highest BCUT2D eigenvalue weighted by Gasteiger charge is 2.08. The Morgan fingerprint density at radius 3 is 2.19 bits per heavy atom. The average Bonchev–Trinajstić information content (AvgIpc) is 2.62. The predicted octanol–water partition coefficient (Wildman–Crippen LogP) is 3.00. The second-order valence-corrected chi connectivity index (χ2v) is 5.71. The highest BCUT2D eigenvalue weighted by molar-refractivity contribution is 5.94. The number of nitrogens with one attached hydrogen (secondary N) is 2. The summed E-state index contributed by atoms with van der Waals surface area (Å²) in [5.74, 6) is -0.388. The van der Waals surface area contributed by atoms with Crippen LogP contribution in [-0.2, 0) is 11.3 Å². The van der Waals surface area contributed by atoms with E-state index in [4.69, 9.17) is 0 Å². The van der Waals surface area contributed by atoms with E-state index in [0.29, 0.717) is 24.7 Å². The van der Waals surface area contributed by atoms with Crippen molar-refractivity contribution < 1.29 is 13.6 Å². The predicted molar refractivity (Wildman–Crippen MR) is 98.9 cm³/mol. The first-order valence-electron chi connectivity index (χ1n) is 8.27. The number of aliphatic imine (C=N–C) groups is 1. The summed E-state index contributed by atoms with van der Waals surface area (Å²) >= 11 is 0. The monoisotopic (exact) mass is 360 g/mol. The molecule has 0 unspecified atom stereocenters. The molecule has 0 spiro atoms. The Kier molecular flexibility index (Phi) is 7.08. The van der Waals surface area contributed by atoms with Gasteiger partial charge in [0.25, 0.3) is 0 Å². The van der Waals surface area contributed by atoms with Crippen LogP contribution in [0, 0.1) is 11.6 Å². The summed E-state index contributed by atoms with van der Waals surface area (Å²) in [5, 5.41) is 5.77. The highest BCUT2D eigenvalue weighted by atomic mass is 19.1. The smallest absolute Gasteiger partial charge is 0.246 e. The van der Waals surface area contributed by atoms with Crippen LogP contribution in [0.1, 0.15) is 12.5 Å². The van der Waals surface area contributed by atoms with Gasteiger partial charge in [0.15, 0.2) is 5.96 Å². The fraction of sp³-hybridized carbons (Fsp3) is 0.263. The van der Waals surface area contributed by atoms with E-state index in [1.807, 2.05) is 18.9 Å². The number of hydrogen-bond donors (Lipinski definition) is 2. The van der Waals surface area contributed by atoms with Crippen LogP contribution in [0.2, 0.25) is 0 Å². The molecule has 0 heterocycles. The lowest BCUT2D eigenvalue weighted by atomic mass is 10.2. The standard InChI is InChI=1S/C19H22F2N4O/c1-3-22-19(25(2)13-14-4-6-15(20)7-5-14)23-12-18(26)24-17-10-8-16(21)9-11-17/h4-11H,3,12-13H2,1-2H3,(H,22,23)(H,24,26). The molecule has 0 fully saturated rings. The second-order valence-electron chi connectivity index (χ2n) is 5.71. The summed E-state index contributed by atoms with van der Waals surface area (Å²) in [6.45, 7) is 3.02. The van der Waals surface area contributed by atoms with Crippen LogP contribution in [0.15, 0.2) is 53.5 Å². The fourth-order valence-corrected chi connectivity index (χ4v) is 2.29. The summed E-state index contributed by atoms with van der Waals surface area (Å²) in [7, 11) is 1.84. The van der Waals surface area contributed by atoms with Crippen LogP contribution in [-0.4, -0.2) is 36.9 Å². The molecule has 7 heteroatoms. The van der Waals surface area contributed by atoms with Crippen LogP contribution in [0.4, 0.5) is 14.5 Å². The maximum absolute atomic E-state index is 13.0. The normalized spacial score (nSPS) is 11.2. The summed E-state index contributed by atoms with van der Waals surface area (Å²) in [6.07, 6.45) is 0.